The van der Waals surface area contributed by atoms with Crippen molar-refractivity contribution >= 4 is 28.4 Å². The van der Waals surface area contributed by atoms with Gasteiger partial charge >= 0.3 is 0 Å². The number of aromatic nitrogens is 1. The summed E-state index contributed by atoms with van der Waals surface area (Å²) in [7, 11) is 0. The minimum atomic E-state index is -0.461. The fourth-order valence-corrected chi connectivity index (χ4v) is 1.96. The van der Waals surface area contributed by atoms with Crippen LogP contribution in [-0.2, 0) is 0 Å². The number of fused-ring (bicyclic) bond motifs is 1. The van der Waals surface area contributed by atoms with Crippen molar-refractivity contribution in [2.45, 2.75) is 19.4 Å². The molecule has 0 aliphatic carbocycles. The van der Waals surface area contributed by atoms with Gasteiger partial charge in [0, 0.05) is 28.7 Å². The largest absolute Gasteiger partial charge is 0.350 e. The molecule has 1 amide bonds. The van der Waals surface area contributed by atoms with Crippen LogP contribution in [0.5, 0.6) is 0 Å². The van der Waals surface area contributed by atoms with Crippen LogP contribution in [0.4, 0.5) is 0 Å². The molecule has 0 bridgehead atoms. The molecule has 2 aromatic rings. The second-order valence-electron chi connectivity index (χ2n) is 5.20. The number of carbonyl (C=O) groups is 1. The Hall–Kier alpha value is -1.65. The molecule has 3 N–H and O–H groups in total. The number of hydrogen-bond acceptors (Lipinski definition) is 3. The molecule has 1 heterocycles. The van der Waals surface area contributed by atoms with Crippen molar-refractivity contribution < 1.29 is 4.79 Å². The molecule has 19 heavy (non-hydrogen) atoms. The smallest absolute Gasteiger partial charge is 0.253 e. The standard InChI is InChI=1S/C14H16ClN3O/c1-14(2,16)8-18-13(19)11-7-10(15)6-9-4-3-5-17-12(9)11/h3-7H,8,16H2,1-2H3,(H,18,19). The van der Waals surface area contributed by atoms with Crippen molar-refractivity contribution in [2.24, 2.45) is 5.73 Å². The molecule has 0 aliphatic heterocycles. The summed E-state index contributed by atoms with van der Waals surface area (Å²) in [6, 6.07) is 7.09. The highest BCUT2D eigenvalue weighted by Crippen LogP contribution is 2.22. The summed E-state index contributed by atoms with van der Waals surface area (Å²) in [5, 5.41) is 4.15. The number of carbonyl (C=O) groups excluding carboxylic acids is 1. The number of halogens is 1. The molecule has 2 rings (SSSR count). The van der Waals surface area contributed by atoms with E-state index in [1.807, 2.05) is 26.0 Å². The van der Waals surface area contributed by atoms with Gasteiger partial charge in [-0.25, -0.2) is 0 Å². The number of nitrogens with two attached hydrogens (primary N) is 1. The van der Waals surface area contributed by atoms with E-state index in [0.29, 0.717) is 22.6 Å². The van der Waals surface area contributed by atoms with Crippen LogP contribution >= 0.6 is 11.6 Å². The van der Waals surface area contributed by atoms with Gasteiger partial charge in [0.25, 0.3) is 5.91 Å². The van der Waals surface area contributed by atoms with E-state index >= 15 is 0 Å². The number of nitrogens with zero attached hydrogens (tertiary/aromatic N) is 1. The summed E-state index contributed by atoms with van der Waals surface area (Å²) in [5.41, 5.74) is 6.49. The Labute approximate surface area is 117 Å². The molecular formula is C14H16ClN3O. The Bertz CT molecular complexity index is 620. The molecule has 0 unspecified atom stereocenters. The van der Waals surface area contributed by atoms with Crippen LogP contribution in [0.15, 0.2) is 30.5 Å². The number of benzene rings is 1. The van der Waals surface area contributed by atoms with E-state index < -0.39 is 5.54 Å². The van der Waals surface area contributed by atoms with E-state index in [2.05, 4.69) is 10.3 Å². The van der Waals surface area contributed by atoms with Crippen molar-refractivity contribution in [3.05, 3.63) is 41.0 Å². The van der Waals surface area contributed by atoms with E-state index in [-0.39, 0.29) is 5.91 Å². The molecule has 1 aromatic heterocycles. The highest BCUT2D eigenvalue weighted by Gasteiger charge is 2.16. The molecule has 0 aliphatic rings. The Morgan fingerprint density at radius 1 is 1.47 bits per heavy atom. The lowest BCUT2D eigenvalue weighted by molar-refractivity contribution is 0.0947. The Kier molecular flexibility index (Phi) is 3.73. The highest BCUT2D eigenvalue weighted by molar-refractivity contribution is 6.32. The monoisotopic (exact) mass is 277 g/mol. The van der Waals surface area contributed by atoms with Crippen LogP contribution in [0.3, 0.4) is 0 Å². The minimum Gasteiger partial charge on any atom is -0.350 e. The van der Waals surface area contributed by atoms with E-state index in [1.54, 1.807) is 18.3 Å². The fraction of sp³-hybridized carbons (Fsp3) is 0.286. The summed E-state index contributed by atoms with van der Waals surface area (Å²) in [6.07, 6.45) is 1.65. The lowest BCUT2D eigenvalue weighted by atomic mass is 10.1. The SMILES string of the molecule is CC(C)(N)CNC(=O)c1cc(Cl)cc2cccnc12. The van der Waals surface area contributed by atoms with Crippen LogP contribution in [0.2, 0.25) is 5.02 Å². The Balaban J connectivity index is 2.36. The maximum atomic E-state index is 12.2. The van der Waals surface area contributed by atoms with Gasteiger partial charge in [-0.05, 0) is 32.0 Å². The third kappa shape index (κ3) is 3.43. The third-order valence-corrected chi connectivity index (χ3v) is 2.84. The first kappa shape index (κ1) is 13.8. The van der Waals surface area contributed by atoms with E-state index in [1.165, 1.54) is 0 Å². The lowest BCUT2D eigenvalue weighted by Gasteiger charge is -2.19. The Morgan fingerprint density at radius 2 is 2.21 bits per heavy atom. The summed E-state index contributed by atoms with van der Waals surface area (Å²) in [5.74, 6) is -0.218. The topological polar surface area (TPSA) is 68.0 Å². The molecule has 4 nitrogen and oxygen atoms in total. The molecule has 0 spiro atoms. The van der Waals surface area contributed by atoms with E-state index in [4.69, 9.17) is 17.3 Å². The van der Waals surface area contributed by atoms with Crippen molar-refractivity contribution in [1.29, 1.82) is 0 Å². The molecule has 5 heteroatoms. The summed E-state index contributed by atoms with van der Waals surface area (Å²) in [4.78, 5) is 16.4. The number of rotatable bonds is 3. The van der Waals surface area contributed by atoms with Gasteiger partial charge < -0.3 is 11.1 Å². The van der Waals surface area contributed by atoms with Crippen LogP contribution < -0.4 is 11.1 Å². The summed E-state index contributed by atoms with van der Waals surface area (Å²) >= 11 is 6.03. The molecule has 0 saturated carbocycles. The maximum absolute atomic E-state index is 12.2. The molecule has 100 valence electrons. The normalized spacial score (nSPS) is 11.6. The number of nitrogens with one attached hydrogen (secondary N) is 1. The third-order valence-electron chi connectivity index (χ3n) is 2.62. The van der Waals surface area contributed by atoms with Gasteiger partial charge in [-0.2, -0.15) is 0 Å². The zero-order valence-corrected chi connectivity index (χ0v) is 11.7. The first-order valence-electron chi connectivity index (χ1n) is 5.98. The van der Waals surface area contributed by atoms with E-state index in [9.17, 15) is 4.79 Å². The van der Waals surface area contributed by atoms with Crippen molar-refractivity contribution in [3.8, 4) is 0 Å². The average molecular weight is 278 g/mol. The molecular weight excluding hydrogens is 262 g/mol. The average Bonchev–Trinajstić information content (AvgIpc) is 2.34. The zero-order valence-electron chi connectivity index (χ0n) is 10.9. The van der Waals surface area contributed by atoms with Gasteiger partial charge in [-0.1, -0.05) is 17.7 Å². The van der Waals surface area contributed by atoms with Gasteiger partial charge in [-0.15, -0.1) is 0 Å². The predicted octanol–water partition coefficient (Wildman–Crippen LogP) is 2.36. The van der Waals surface area contributed by atoms with Gasteiger partial charge in [0.05, 0.1) is 11.1 Å². The fourth-order valence-electron chi connectivity index (χ4n) is 1.73. The number of hydrogen-bond donors (Lipinski definition) is 2. The van der Waals surface area contributed by atoms with Crippen molar-refractivity contribution in [1.82, 2.24) is 10.3 Å². The van der Waals surface area contributed by atoms with Crippen LogP contribution in [-0.4, -0.2) is 23.0 Å². The predicted molar refractivity (Wildman–Crippen MR) is 77.4 cm³/mol. The van der Waals surface area contributed by atoms with Gasteiger partial charge in [-0.3, -0.25) is 9.78 Å². The van der Waals surface area contributed by atoms with Gasteiger partial charge in [0.2, 0.25) is 0 Å². The maximum Gasteiger partial charge on any atom is 0.253 e. The molecule has 1 aromatic carbocycles. The highest BCUT2D eigenvalue weighted by atomic mass is 35.5. The van der Waals surface area contributed by atoms with Crippen molar-refractivity contribution in [2.75, 3.05) is 6.54 Å². The molecule has 0 atom stereocenters. The molecule has 0 saturated heterocycles. The lowest BCUT2D eigenvalue weighted by Crippen LogP contribution is -2.45. The molecule has 0 fully saturated rings. The molecule has 0 radical (unpaired) electrons. The first-order chi connectivity index (χ1) is 8.87. The van der Waals surface area contributed by atoms with Crippen LogP contribution in [0, 0.1) is 0 Å². The zero-order chi connectivity index (χ0) is 14.0. The number of pyridine rings is 1. The minimum absolute atomic E-state index is 0.218. The quantitative estimate of drug-likeness (QED) is 0.905. The van der Waals surface area contributed by atoms with Crippen molar-refractivity contribution in [3.63, 3.8) is 0 Å². The van der Waals surface area contributed by atoms with Crippen LogP contribution in [0.1, 0.15) is 24.2 Å². The second-order valence-corrected chi connectivity index (χ2v) is 5.64. The Morgan fingerprint density at radius 3 is 2.89 bits per heavy atom. The van der Waals surface area contributed by atoms with Gasteiger partial charge in [0.1, 0.15) is 0 Å². The van der Waals surface area contributed by atoms with Crippen LogP contribution in [0.25, 0.3) is 10.9 Å². The van der Waals surface area contributed by atoms with E-state index in [0.717, 1.165) is 5.39 Å². The summed E-state index contributed by atoms with van der Waals surface area (Å²) in [6.45, 7) is 4.08. The second kappa shape index (κ2) is 5.15. The van der Waals surface area contributed by atoms with Gasteiger partial charge in [0.15, 0.2) is 0 Å². The number of amides is 1. The summed E-state index contributed by atoms with van der Waals surface area (Å²) < 4.78 is 0. The first-order valence-corrected chi connectivity index (χ1v) is 6.36.